The van der Waals surface area contributed by atoms with Gasteiger partial charge in [-0.05, 0) is 49.2 Å². The Morgan fingerprint density at radius 1 is 1.21 bits per heavy atom. The zero-order chi connectivity index (χ0) is 12.8. The Morgan fingerprint density at radius 2 is 1.79 bits per heavy atom. The first-order chi connectivity index (χ1) is 8.62. The molecule has 7 heteroatoms. The molecule has 5 nitrogen and oxygen atoms in total. The average molecular weight is 300 g/mol. The van der Waals surface area contributed by atoms with Gasteiger partial charge in [-0.1, -0.05) is 0 Å². The number of fused-ring (bicyclic) bond motifs is 1. The number of rotatable bonds is 3. The van der Waals surface area contributed by atoms with Crippen LogP contribution in [0.5, 0.6) is 0 Å². The van der Waals surface area contributed by atoms with Crippen molar-refractivity contribution < 1.29 is 8.42 Å². The van der Waals surface area contributed by atoms with Crippen molar-refractivity contribution in [3.63, 3.8) is 0 Å². The molecule has 0 radical (unpaired) electrons. The van der Waals surface area contributed by atoms with Crippen molar-refractivity contribution in [2.45, 2.75) is 10.9 Å². The van der Waals surface area contributed by atoms with Crippen LogP contribution in [0.4, 0.5) is 0 Å². The Morgan fingerprint density at radius 3 is 2.32 bits per heavy atom. The van der Waals surface area contributed by atoms with Crippen molar-refractivity contribution in [3.8, 4) is 6.07 Å². The number of nitrogens with one attached hydrogen (secondary N) is 2. The molecule has 3 rings (SSSR count). The molecule has 1 saturated carbocycles. The van der Waals surface area contributed by atoms with Crippen LogP contribution >= 0.6 is 12.4 Å². The van der Waals surface area contributed by atoms with Crippen molar-refractivity contribution in [1.82, 2.24) is 10.0 Å². The van der Waals surface area contributed by atoms with Crippen LogP contribution < -0.4 is 10.0 Å². The van der Waals surface area contributed by atoms with Crippen LogP contribution in [-0.4, -0.2) is 27.5 Å². The molecular weight excluding hydrogens is 286 g/mol. The summed E-state index contributed by atoms with van der Waals surface area (Å²) in [5, 5.41) is 11.9. The predicted octanol–water partition coefficient (Wildman–Crippen LogP) is 0.476. The highest BCUT2D eigenvalue weighted by atomic mass is 35.5. The van der Waals surface area contributed by atoms with Gasteiger partial charge in [-0.25, -0.2) is 13.1 Å². The Labute approximate surface area is 118 Å². The third-order valence-electron chi connectivity index (χ3n) is 3.68. The molecule has 2 fully saturated rings. The number of benzene rings is 1. The third kappa shape index (κ3) is 2.60. The highest BCUT2D eigenvalue weighted by Gasteiger charge is 2.54. The fraction of sp³-hybridized carbons (Fsp3) is 0.417. The molecule has 102 valence electrons. The van der Waals surface area contributed by atoms with Crippen molar-refractivity contribution in [1.29, 1.82) is 5.26 Å². The molecule has 1 aromatic carbocycles. The second kappa shape index (κ2) is 5.10. The first-order valence-electron chi connectivity index (χ1n) is 5.85. The maximum Gasteiger partial charge on any atom is 0.240 e. The van der Waals surface area contributed by atoms with E-state index in [4.69, 9.17) is 5.26 Å². The highest BCUT2D eigenvalue weighted by Crippen LogP contribution is 2.42. The Bertz CT molecular complexity index is 599. The number of piperidine rings is 1. The van der Waals surface area contributed by atoms with Gasteiger partial charge >= 0.3 is 0 Å². The lowest BCUT2D eigenvalue weighted by atomic mass is 10.2. The molecular formula is C12H14ClN3O2S. The largest absolute Gasteiger partial charge is 0.316 e. The first-order valence-corrected chi connectivity index (χ1v) is 7.33. The van der Waals surface area contributed by atoms with E-state index in [0.29, 0.717) is 17.4 Å². The van der Waals surface area contributed by atoms with Gasteiger partial charge in [-0.15, -0.1) is 12.4 Å². The van der Waals surface area contributed by atoms with Crippen molar-refractivity contribution >= 4 is 22.4 Å². The minimum absolute atomic E-state index is 0. The topological polar surface area (TPSA) is 82.0 Å². The average Bonchev–Trinajstić information content (AvgIpc) is 2.80. The summed E-state index contributed by atoms with van der Waals surface area (Å²) in [4.78, 5) is 0.222. The van der Waals surface area contributed by atoms with Gasteiger partial charge in [0.2, 0.25) is 10.0 Å². The van der Waals surface area contributed by atoms with Crippen LogP contribution in [0.2, 0.25) is 0 Å². The number of sulfonamides is 1. The molecule has 0 bridgehead atoms. The normalized spacial score (nSPS) is 28.1. The van der Waals surface area contributed by atoms with Gasteiger partial charge in [0.1, 0.15) is 0 Å². The monoisotopic (exact) mass is 299 g/mol. The van der Waals surface area contributed by atoms with Crippen molar-refractivity contribution in [3.05, 3.63) is 29.8 Å². The molecule has 2 N–H and O–H groups in total. The molecule has 1 aliphatic heterocycles. The van der Waals surface area contributed by atoms with Crippen LogP contribution in [0.3, 0.4) is 0 Å². The lowest BCUT2D eigenvalue weighted by molar-refractivity contribution is 0.565. The minimum atomic E-state index is -3.45. The number of nitrogens with zero attached hydrogens (tertiary/aromatic N) is 1. The van der Waals surface area contributed by atoms with E-state index in [2.05, 4.69) is 10.0 Å². The second-order valence-corrected chi connectivity index (χ2v) is 6.48. The van der Waals surface area contributed by atoms with Gasteiger partial charge in [-0.2, -0.15) is 5.26 Å². The lowest BCUT2D eigenvalue weighted by Crippen LogP contribution is -2.32. The fourth-order valence-electron chi connectivity index (χ4n) is 2.55. The number of hydrogen-bond donors (Lipinski definition) is 2. The van der Waals surface area contributed by atoms with Crippen LogP contribution in [0.1, 0.15) is 5.56 Å². The van der Waals surface area contributed by atoms with Gasteiger partial charge in [0.25, 0.3) is 0 Å². The quantitative estimate of drug-likeness (QED) is 0.850. The van der Waals surface area contributed by atoms with Crippen LogP contribution in [0.15, 0.2) is 29.2 Å². The Balaban J connectivity index is 0.00000133. The van der Waals surface area contributed by atoms with Crippen LogP contribution in [-0.2, 0) is 10.0 Å². The van der Waals surface area contributed by atoms with E-state index in [1.165, 1.54) is 24.3 Å². The summed E-state index contributed by atoms with van der Waals surface area (Å²) < 4.78 is 26.9. The van der Waals surface area contributed by atoms with Crippen molar-refractivity contribution in [2.75, 3.05) is 13.1 Å². The number of halogens is 1. The van der Waals surface area contributed by atoms with E-state index in [-0.39, 0.29) is 23.3 Å². The summed E-state index contributed by atoms with van der Waals surface area (Å²) in [6.45, 7) is 1.79. The zero-order valence-corrected chi connectivity index (χ0v) is 11.7. The molecule has 19 heavy (non-hydrogen) atoms. The molecule has 0 amide bonds. The molecule has 1 heterocycles. The van der Waals surface area contributed by atoms with E-state index in [0.717, 1.165) is 13.1 Å². The molecule has 1 aliphatic carbocycles. The maximum atomic E-state index is 12.1. The SMILES string of the molecule is Cl.N#Cc1ccc(S(=O)(=O)NC2C3CNCC32)cc1. The van der Waals surface area contributed by atoms with Gasteiger partial charge in [-0.3, -0.25) is 0 Å². The van der Waals surface area contributed by atoms with E-state index in [1.807, 2.05) is 6.07 Å². The van der Waals surface area contributed by atoms with Crippen LogP contribution in [0, 0.1) is 23.2 Å². The zero-order valence-electron chi connectivity index (χ0n) is 10.0. The van der Waals surface area contributed by atoms with E-state index >= 15 is 0 Å². The predicted molar refractivity (Wildman–Crippen MR) is 72.4 cm³/mol. The number of nitriles is 1. The summed E-state index contributed by atoms with van der Waals surface area (Å²) in [6, 6.07) is 8.02. The molecule has 2 aliphatic rings. The van der Waals surface area contributed by atoms with E-state index in [9.17, 15) is 8.42 Å². The first kappa shape index (κ1) is 14.3. The summed E-state index contributed by atoms with van der Waals surface area (Å²) in [7, 11) is -3.45. The number of hydrogen-bond acceptors (Lipinski definition) is 4. The standard InChI is InChI=1S/C12H13N3O2S.ClH/c13-5-8-1-3-9(4-2-8)18(16,17)15-12-10-6-14-7-11(10)12;/h1-4,10-12,14-15H,6-7H2;1H. The second-order valence-electron chi connectivity index (χ2n) is 4.77. The van der Waals surface area contributed by atoms with Crippen molar-refractivity contribution in [2.24, 2.45) is 11.8 Å². The molecule has 0 spiro atoms. The summed E-state index contributed by atoms with van der Waals surface area (Å²) >= 11 is 0. The minimum Gasteiger partial charge on any atom is -0.316 e. The van der Waals surface area contributed by atoms with E-state index in [1.54, 1.807) is 0 Å². The summed E-state index contributed by atoms with van der Waals surface area (Å²) in [5.41, 5.74) is 0.460. The molecule has 2 unspecified atom stereocenters. The maximum absolute atomic E-state index is 12.1. The molecule has 0 aromatic heterocycles. The van der Waals surface area contributed by atoms with Gasteiger partial charge in [0.05, 0.1) is 16.5 Å². The van der Waals surface area contributed by atoms with E-state index < -0.39 is 10.0 Å². The molecule has 2 atom stereocenters. The smallest absolute Gasteiger partial charge is 0.240 e. The summed E-state index contributed by atoms with van der Waals surface area (Å²) in [6.07, 6.45) is 0. The lowest BCUT2D eigenvalue weighted by Gasteiger charge is -2.08. The van der Waals surface area contributed by atoms with Crippen LogP contribution in [0.25, 0.3) is 0 Å². The molecule has 1 saturated heterocycles. The van der Waals surface area contributed by atoms with Gasteiger partial charge in [0, 0.05) is 6.04 Å². The Kier molecular flexibility index (Phi) is 3.83. The third-order valence-corrected chi connectivity index (χ3v) is 5.15. The molecule has 1 aromatic rings. The van der Waals surface area contributed by atoms with Gasteiger partial charge < -0.3 is 5.32 Å². The highest BCUT2D eigenvalue weighted by molar-refractivity contribution is 7.89. The fourth-order valence-corrected chi connectivity index (χ4v) is 3.89. The Hall–Kier alpha value is -1.13. The summed E-state index contributed by atoms with van der Waals surface area (Å²) in [5.74, 6) is 0.885. The van der Waals surface area contributed by atoms with Gasteiger partial charge in [0.15, 0.2) is 0 Å².